The first-order valence-electron chi connectivity index (χ1n) is 13.3. The smallest absolute Gasteiger partial charge is 0.338 e. The van der Waals surface area contributed by atoms with E-state index >= 15 is 0 Å². The summed E-state index contributed by atoms with van der Waals surface area (Å²) < 4.78 is 6.16. The topological polar surface area (TPSA) is 43.4 Å². The molecule has 1 aromatic rings. The number of hydrogen-bond acceptors (Lipinski definition) is 3. The van der Waals surface area contributed by atoms with Gasteiger partial charge in [0.15, 0.2) is 0 Å². The second-order valence-electron chi connectivity index (χ2n) is 12.5. The van der Waals surface area contributed by atoms with Crippen molar-refractivity contribution in [3.8, 4) is 0 Å². The van der Waals surface area contributed by atoms with E-state index in [1.54, 1.807) is 16.7 Å². The summed E-state index contributed by atoms with van der Waals surface area (Å²) in [4.78, 5) is 24.5. The molecule has 4 aliphatic carbocycles. The maximum Gasteiger partial charge on any atom is 0.338 e. The molecular weight excluding hydrogens is 420 g/mol. The third-order valence-corrected chi connectivity index (χ3v) is 10.5. The molecule has 34 heavy (non-hydrogen) atoms. The van der Waals surface area contributed by atoms with Crippen molar-refractivity contribution in [3.63, 3.8) is 0 Å². The lowest BCUT2D eigenvalue weighted by Crippen LogP contribution is -2.54. The van der Waals surface area contributed by atoms with Gasteiger partial charge in [0.2, 0.25) is 0 Å². The Balaban J connectivity index is 1.42. The highest BCUT2D eigenvalue weighted by Gasteiger charge is 2.58. The molecule has 182 valence electrons. The van der Waals surface area contributed by atoms with Gasteiger partial charge in [-0.25, -0.2) is 4.79 Å². The van der Waals surface area contributed by atoms with Crippen LogP contribution in [0.2, 0.25) is 0 Å². The van der Waals surface area contributed by atoms with E-state index in [1.807, 2.05) is 30.3 Å². The van der Waals surface area contributed by atoms with Crippen LogP contribution in [0.25, 0.3) is 0 Å². The lowest BCUT2D eigenvalue weighted by atomic mass is 9.46. The molecule has 0 bridgehead atoms. The van der Waals surface area contributed by atoms with Crippen molar-refractivity contribution in [2.45, 2.75) is 85.7 Å². The van der Waals surface area contributed by atoms with E-state index in [9.17, 15) is 9.59 Å². The summed E-state index contributed by atoms with van der Waals surface area (Å²) in [5.74, 6) is 0.848. The number of benzene rings is 1. The van der Waals surface area contributed by atoms with Crippen LogP contribution in [-0.2, 0) is 9.53 Å². The lowest BCUT2D eigenvalue weighted by molar-refractivity contribution is -0.113. The molecule has 2 unspecified atom stereocenters. The van der Waals surface area contributed by atoms with E-state index in [4.69, 9.17) is 4.74 Å². The van der Waals surface area contributed by atoms with Crippen molar-refractivity contribution >= 4 is 12.3 Å². The van der Waals surface area contributed by atoms with Crippen molar-refractivity contribution in [3.05, 3.63) is 58.7 Å². The van der Waals surface area contributed by atoms with Gasteiger partial charge in [-0.1, -0.05) is 64.5 Å². The highest BCUT2D eigenvalue weighted by Crippen LogP contribution is 2.66. The average Bonchev–Trinajstić information content (AvgIpc) is 3.18. The zero-order valence-electron chi connectivity index (χ0n) is 21.5. The van der Waals surface area contributed by atoms with E-state index in [2.05, 4.69) is 40.7 Å². The van der Waals surface area contributed by atoms with Gasteiger partial charge in [0.25, 0.3) is 0 Å². The number of ether oxygens (including phenoxy) is 1. The van der Waals surface area contributed by atoms with Crippen LogP contribution in [0.5, 0.6) is 0 Å². The monoisotopic (exact) mass is 460 g/mol. The Labute approximate surface area is 205 Å². The molecule has 4 aliphatic rings. The number of esters is 1. The van der Waals surface area contributed by atoms with E-state index in [0.29, 0.717) is 17.4 Å². The van der Waals surface area contributed by atoms with E-state index in [-0.39, 0.29) is 34.2 Å². The summed E-state index contributed by atoms with van der Waals surface area (Å²) in [6.07, 6.45) is 11.1. The van der Waals surface area contributed by atoms with Crippen LogP contribution < -0.4 is 0 Å². The Morgan fingerprint density at radius 3 is 2.47 bits per heavy atom. The summed E-state index contributed by atoms with van der Waals surface area (Å²) in [7, 11) is 0. The summed E-state index contributed by atoms with van der Waals surface area (Å²) in [6.45, 7) is 11.7. The highest BCUT2D eigenvalue weighted by atomic mass is 16.5. The second kappa shape index (κ2) is 8.21. The fraction of sp³-hybridized carbons (Fsp3) is 0.613. The third kappa shape index (κ3) is 3.37. The zero-order valence-corrected chi connectivity index (χ0v) is 21.5. The molecule has 1 saturated carbocycles. The normalized spacial score (nSPS) is 37.1. The molecule has 6 atom stereocenters. The fourth-order valence-electron chi connectivity index (χ4n) is 8.57. The first kappa shape index (κ1) is 23.6. The Morgan fingerprint density at radius 2 is 1.76 bits per heavy atom. The number of carbonyl (C=O) groups excluding carboxylic acids is 2. The van der Waals surface area contributed by atoms with Gasteiger partial charge in [-0.05, 0) is 90.9 Å². The number of rotatable bonds is 4. The largest absolute Gasteiger partial charge is 0.458 e. The van der Waals surface area contributed by atoms with Crippen molar-refractivity contribution in [1.82, 2.24) is 0 Å². The van der Waals surface area contributed by atoms with Crippen LogP contribution in [0.3, 0.4) is 0 Å². The molecule has 0 spiro atoms. The van der Waals surface area contributed by atoms with E-state index in [0.717, 1.165) is 51.2 Å². The van der Waals surface area contributed by atoms with Gasteiger partial charge in [0.1, 0.15) is 12.4 Å². The highest BCUT2D eigenvalue weighted by molar-refractivity contribution is 5.89. The quantitative estimate of drug-likeness (QED) is 0.349. The Kier molecular flexibility index (Phi) is 5.69. The minimum Gasteiger partial charge on any atom is -0.458 e. The van der Waals surface area contributed by atoms with Crippen molar-refractivity contribution in [1.29, 1.82) is 0 Å². The van der Waals surface area contributed by atoms with E-state index < -0.39 is 0 Å². The second-order valence-corrected chi connectivity index (χ2v) is 12.5. The number of hydrogen-bond donors (Lipinski definition) is 0. The molecular formula is C31H40O3. The maximum atomic E-state index is 12.9. The zero-order chi connectivity index (χ0) is 24.3. The van der Waals surface area contributed by atoms with Gasteiger partial charge in [0.05, 0.1) is 5.56 Å². The molecule has 1 aromatic carbocycles. The molecule has 0 aromatic heterocycles. The Bertz CT molecular complexity index is 1050. The molecule has 0 radical (unpaired) electrons. The molecule has 0 heterocycles. The van der Waals surface area contributed by atoms with Gasteiger partial charge >= 0.3 is 5.97 Å². The first-order chi connectivity index (χ1) is 16.1. The standard InChI is InChI=1S/C31H40O3/c1-20(19-32)23-12-13-24-22-11-14-26-29(2,3)27(34-28(33)21-9-7-6-8-10-21)16-18-31(26,5)25(22)15-17-30(23,24)4/h6-10,13,19-20,23,26-27H,11-12,14-18H2,1-5H3/t20-,23-,26?,27?,30-,31-/m1/s1. The first-order valence-corrected chi connectivity index (χ1v) is 13.3. The summed E-state index contributed by atoms with van der Waals surface area (Å²) >= 11 is 0. The number of fused-ring (bicyclic) bond motifs is 4. The molecule has 0 aliphatic heterocycles. The molecule has 1 fully saturated rings. The summed E-state index contributed by atoms with van der Waals surface area (Å²) in [6, 6.07) is 9.39. The molecule has 5 rings (SSSR count). The number of allylic oxidation sites excluding steroid dienone is 4. The minimum absolute atomic E-state index is 0.0576. The van der Waals surface area contributed by atoms with Gasteiger partial charge < -0.3 is 9.53 Å². The Morgan fingerprint density at radius 1 is 1.03 bits per heavy atom. The van der Waals surface area contributed by atoms with Crippen LogP contribution in [0.1, 0.15) is 89.9 Å². The maximum absolute atomic E-state index is 12.9. The van der Waals surface area contributed by atoms with Gasteiger partial charge in [-0.3, -0.25) is 0 Å². The summed E-state index contributed by atoms with van der Waals surface area (Å²) in [5, 5.41) is 0. The Hall–Kier alpha value is -2.16. The van der Waals surface area contributed by atoms with Crippen LogP contribution >= 0.6 is 0 Å². The molecule has 3 nitrogen and oxygen atoms in total. The molecule has 0 amide bonds. The molecule has 3 heteroatoms. The number of aldehydes is 1. The number of carbonyl (C=O) groups is 2. The van der Waals surface area contributed by atoms with Crippen LogP contribution in [-0.4, -0.2) is 18.4 Å². The minimum atomic E-state index is -0.196. The average molecular weight is 461 g/mol. The fourth-order valence-corrected chi connectivity index (χ4v) is 8.57. The van der Waals surface area contributed by atoms with Crippen molar-refractivity contribution < 1.29 is 14.3 Å². The lowest BCUT2D eigenvalue weighted by Gasteiger charge is -2.59. The molecule has 0 saturated heterocycles. The predicted octanol–water partition coefficient (Wildman–Crippen LogP) is 7.33. The molecule has 0 N–H and O–H groups in total. The third-order valence-electron chi connectivity index (χ3n) is 10.5. The van der Waals surface area contributed by atoms with E-state index in [1.165, 1.54) is 0 Å². The summed E-state index contributed by atoms with van der Waals surface area (Å²) in [5.41, 5.74) is 5.71. The van der Waals surface area contributed by atoms with Crippen molar-refractivity contribution in [2.24, 2.45) is 34.0 Å². The SMILES string of the molecule is C[C@H](C=O)[C@H]1CC=C2C3=C(CC[C@@]21C)[C@@]1(C)CCC(OC(=O)c2ccccc2)C(C)(C)C1CC3. The van der Waals surface area contributed by atoms with Gasteiger partial charge in [0, 0.05) is 11.3 Å². The predicted molar refractivity (Wildman–Crippen MR) is 135 cm³/mol. The van der Waals surface area contributed by atoms with Gasteiger partial charge in [-0.15, -0.1) is 0 Å². The van der Waals surface area contributed by atoms with Crippen LogP contribution in [0.4, 0.5) is 0 Å². The van der Waals surface area contributed by atoms with Crippen molar-refractivity contribution in [2.75, 3.05) is 0 Å². The van der Waals surface area contributed by atoms with Crippen LogP contribution in [0.15, 0.2) is 53.1 Å². The van der Waals surface area contributed by atoms with Gasteiger partial charge in [-0.2, -0.15) is 0 Å². The van der Waals surface area contributed by atoms with Crippen LogP contribution in [0, 0.1) is 34.0 Å².